The minimum absolute atomic E-state index is 0.817. The maximum atomic E-state index is 13.5. The molecule has 0 aliphatic heterocycles. The largest absolute Gasteiger partial charge is 0.299 e. The van der Waals surface area contributed by atoms with Gasteiger partial charge in [0.25, 0.3) is 7.44 Å². The van der Waals surface area contributed by atoms with E-state index in [9.17, 15) is 4.57 Å². The standard InChI is InChI=1S/C14H13N2OP/c17-18(15-10-4-5-11-15,16-12-6-7-13-16)14-8-2-1-3-9-14/h1-13H. The topological polar surface area (TPSA) is 26.9 Å². The first-order chi connectivity index (χ1) is 8.82. The van der Waals surface area contributed by atoms with E-state index < -0.39 is 7.44 Å². The molecule has 0 aliphatic carbocycles. The molecule has 2 heterocycles. The molecule has 18 heavy (non-hydrogen) atoms. The Morgan fingerprint density at radius 2 is 1.11 bits per heavy atom. The van der Waals surface area contributed by atoms with Gasteiger partial charge in [-0.2, -0.15) is 0 Å². The van der Waals surface area contributed by atoms with Crippen molar-refractivity contribution in [3.8, 4) is 0 Å². The normalized spacial score (nSPS) is 11.6. The molecule has 1 aromatic carbocycles. The molecule has 3 nitrogen and oxygen atoms in total. The Morgan fingerprint density at radius 1 is 0.667 bits per heavy atom. The van der Waals surface area contributed by atoms with Crippen molar-refractivity contribution >= 4 is 12.7 Å². The van der Waals surface area contributed by atoms with Gasteiger partial charge in [0.1, 0.15) is 0 Å². The Labute approximate surface area is 106 Å². The molecule has 4 heteroatoms. The molecule has 3 rings (SSSR count). The molecule has 0 fully saturated rings. The molecule has 0 amide bonds. The van der Waals surface area contributed by atoms with E-state index in [2.05, 4.69) is 0 Å². The smallest absolute Gasteiger partial charge is 0.285 e. The van der Waals surface area contributed by atoms with Crippen molar-refractivity contribution in [2.24, 2.45) is 0 Å². The maximum Gasteiger partial charge on any atom is 0.299 e. The van der Waals surface area contributed by atoms with E-state index in [0.717, 1.165) is 5.30 Å². The van der Waals surface area contributed by atoms with Gasteiger partial charge in [0.15, 0.2) is 0 Å². The maximum absolute atomic E-state index is 13.5. The molecule has 3 aromatic rings. The van der Waals surface area contributed by atoms with Crippen LogP contribution in [-0.2, 0) is 4.57 Å². The Hall–Kier alpha value is -1.99. The minimum Gasteiger partial charge on any atom is -0.285 e. The highest BCUT2D eigenvalue weighted by Crippen LogP contribution is 2.47. The molecule has 90 valence electrons. The lowest BCUT2D eigenvalue weighted by Gasteiger charge is -2.21. The second-order valence-corrected chi connectivity index (χ2v) is 6.53. The SMILES string of the molecule is O=P(c1ccccc1)(n1cccc1)n1cccc1. The third-order valence-corrected chi connectivity index (χ3v) is 5.65. The quantitative estimate of drug-likeness (QED) is 0.661. The number of aromatic nitrogens is 2. The fourth-order valence-corrected chi connectivity index (χ4v) is 4.38. The zero-order chi connectivity index (χ0) is 12.4. The van der Waals surface area contributed by atoms with Gasteiger partial charge in [-0.25, -0.2) is 0 Å². The Kier molecular flexibility index (Phi) is 2.69. The van der Waals surface area contributed by atoms with E-state index in [1.807, 2.05) is 79.4 Å². The average Bonchev–Trinajstić information content (AvgIpc) is 3.12. The zero-order valence-electron chi connectivity index (χ0n) is 9.76. The van der Waals surface area contributed by atoms with Crippen molar-refractivity contribution in [3.05, 3.63) is 79.4 Å². The summed E-state index contributed by atoms with van der Waals surface area (Å²) >= 11 is 0. The van der Waals surface area contributed by atoms with Crippen LogP contribution in [0.2, 0.25) is 0 Å². The van der Waals surface area contributed by atoms with Crippen molar-refractivity contribution in [2.75, 3.05) is 0 Å². The van der Waals surface area contributed by atoms with E-state index in [4.69, 9.17) is 0 Å². The van der Waals surface area contributed by atoms with E-state index in [-0.39, 0.29) is 0 Å². The van der Waals surface area contributed by atoms with Crippen LogP contribution in [0.3, 0.4) is 0 Å². The third kappa shape index (κ3) is 1.64. The van der Waals surface area contributed by atoms with Gasteiger partial charge >= 0.3 is 0 Å². The van der Waals surface area contributed by atoms with Gasteiger partial charge in [-0.05, 0) is 36.4 Å². The van der Waals surface area contributed by atoms with Crippen LogP contribution in [0.4, 0.5) is 0 Å². The van der Waals surface area contributed by atoms with Crippen molar-refractivity contribution in [1.29, 1.82) is 0 Å². The first-order valence-electron chi connectivity index (χ1n) is 5.75. The highest BCUT2D eigenvalue weighted by atomic mass is 31.2. The average molecular weight is 256 g/mol. The van der Waals surface area contributed by atoms with Crippen LogP contribution in [0.5, 0.6) is 0 Å². The van der Waals surface area contributed by atoms with Gasteiger partial charge in [0, 0.05) is 24.8 Å². The summed E-state index contributed by atoms with van der Waals surface area (Å²) in [4.78, 5) is 0. The molecule has 2 aromatic heterocycles. The van der Waals surface area contributed by atoms with Gasteiger partial charge in [-0.15, -0.1) is 0 Å². The molecule has 0 spiro atoms. The van der Waals surface area contributed by atoms with Gasteiger partial charge < -0.3 is 0 Å². The van der Waals surface area contributed by atoms with Gasteiger partial charge in [-0.3, -0.25) is 13.2 Å². The lowest BCUT2D eigenvalue weighted by molar-refractivity contribution is 0.569. The van der Waals surface area contributed by atoms with Crippen molar-refractivity contribution < 1.29 is 4.57 Å². The van der Waals surface area contributed by atoms with Crippen molar-refractivity contribution in [3.63, 3.8) is 0 Å². The fraction of sp³-hybridized carbons (Fsp3) is 0. The van der Waals surface area contributed by atoms with Gasteiger partial charge in [0.05, 0.1) is 5.30 Å². The first kappa shape index (κ1) is 11.1. The van der Waals surface area contributed by atoms with Crippen LogP contribution < -0.4 is 5.30 Å². The van der Waals surface area contributed by atoms with Crippen LogP contribution in [0, 0.1) is 0 Å². The fourth-order valence-electron chi connectivity index (χ4n) is 2.02. The number of rotatable bonds is 3. The molecule has 0 saturated carbocycles. The van der Waals surface area contributed by atoms with Crippen LogP contribution in [0.25, 0.3) is 0 Å². The summed E-state index contributed by atoms with van der Waals surface area (Å²) < 4.78 is 17.0. The predicted octanol–water partition coefficient (Wildman–Crippen LogP) is 3.20. The van der Waals surface area contributed by atoms with Crippen molar-refractivity contribution in [1.82, 2.24) is 8.68 Å². The summed E-state index contributed by atoms with van der Waals surface area (Å²) in [7, 11) is -2.85. The Balaban J connectivity index is 2.26. The minimum atomic E-state index is -2.85. The van der Waals surface area contributed by atoms with Crippen LogP contribution in [0.1, 0.15) is 0 Å². The number of benzene rings is 1. The Morgan fingerprint density at radius 3 is 1.56 bits per heavy atom. The van der Waals surface area contributed by atoms with E-state index in [1.165, 1.54) is 0 Å². The Bertz CT molecular complexity index is 619. The lowest BCUT2D eigenvalue weighted by atomic mass is 10.4. The van der Waals surface area contributed by atoms with Crippen LogP contribution in [-0.4, -0.2) is 8.68 Å². The second-order valence-electron chi connectivity index (χ2n) is 4.01. The van der Waals surface area contributed by atoms with E-state index in [0.29, 0.717) is 0 Å². The summed E-state index contributed by atoms with van der Waals surface area (Å²) in [5, 5.41) is 0.817. The summed E-state index contributed by atoms with van der Waals surface area (Å²) in [6.45, 7) is 0. The molecule has 0 aliphatic rings. The van der Waals surface area contributed by atoms with Gasteiger partial charge in [0.2, 0.25) is 0 Å². The number of nitrogens with zero attached hydrogens (tertiary/aromatic N) is 2. The van der Waals surface area contributed by atoms with E-state index in [1.54, 1.807) is 8.68 Å². The van der Waals surface area contributed by atoms with Crippen molar-refractivity contribution in [2.45, 2.75) is 0 Å². The molecule has 0 atom stereocenters. The molecule has 0 radical (unpaired) electrons. The number of hydrogen-bond acceptors (Lipinski definition) is 1. The molecule has 0 N–H and O–H groups in total. The summed E-state index contributed by atoms with van der Waals surface area (Å²) in [6, 6.07) is 17.1. The highest BCUT2D eigenvalue weighted by molar-refractivity contribution is 7.68. The van der Waals surface area contributed by atoms with Crippen LogP contribution in [0.15, 0.2) is 79.4 Å². The highest BCUT2D eigenvalue weighted by Gasteiger charge is 2.27. The predicted molar refractivity (Wildman–Crippen MR) is 73.3 cm³/mol. The van der Waals surface area contributed by atoms with Crippen LogP contribution >= 0.6 is 7.44 Å². The monoisotopic (exact) mass is 256 g/mol. The number of hydrogen-bond donors (Lipinski definition) is 0. The third-order valence-electron chi connectivity index (χ3n) is 2.90. The zero-order valence-corrected chi connectivity index (χ0v) is 10.6. The molecular weight excluding hydrogens is 243 g/mol. The van der Waals surface area contributed by atoms with Gasteiger partial charge in [-0.1, -0.05) is 18.2 Å². The molecule has 0 unspecified atom stereocenters. The summed E-state index contributed by atoms with van der Waals surface area (Å²) in [6.07, 6.45) is 7.36. The van der Waals surface area contributed by atoms with E-state index >= 15 is 0 Å². The first-order valence-corrected chi connectivity index (χ1v) is 7.36. The summed E-state index contributed by atoms with van der Waals surface area (Å²) in [5.41, 5.74) is 0. The molecule has 0 bridgehead atoms. The molecular formula is C14H13N2OP. The lowest BCUT2D eigenvalue weighted by Crippen LogP contribution is -2.15. The molecule has 0 saturated heterocycles. The second kappa shape index (κ2) is 4.35. The summed E-state index contributed by atoms with van der Waals surface area (Å²) in [5.74, 6) is 0.